The highest BCUT2D eigenvalue weighted by molar-refractivity contribution is 7.17. The summed E-state index contributed by atoms with van der Waals surface area (Å²) in [6.07, 6.45) is 3.41. The number of thiophene rings is 1. The van der Waals surface area contributed by atoms with Crippen LogP contribution in [0.2, 0.25) is 0 Å². The molecule has 1 amide bonds. The van der Waals surface area contributed by atoms with Crippen LogP contribution in [0.15, 0.2) is 48.1 Å². The van der Waals surface area contributed by atoms with Gasteiger partial charge in [0.1, 0.15) is 0 Å². The van der Waals surface area contributed by atoms with Crippen LogP contribution in [0.1, 0.15) is 10.4 Å². The highest BCUT2D eigenvalue weighted by atomic mass is 32.1. The van der Waals surface area contributed by atoms with E-state index in [1.807, 2.05) is 30.3 Å². The van der Waals surface area contributed by atoms with Crippen LogP contribution in [-0.2, 0) is 0 Å². The molecule has 0 unspecified atom stereocenters. The van der Waals surface area contributed by atoms with Crippen molar-refractivity contribution in [1.29, 1.82) is 0 Å². The summed E-state index contributed by atoms with van der Waals surface area (Å²) >= 11 is 1.41. The molecule has 0 atom stereocenters. The fourth-order valence-corrected chi connectivity index (χ4v) is 3.44. The fourth-order valence-electron chi connectivity index (χ4n) is 2.59. The number of nitrogens with zero attached hydrogens (tertiary/aromatic N) is 3. The molecule has 0 saturated heterocycles. The van der Waals surface area contributed by atoms with Crippen LogP contribution in [0.3, 0.4) is 0 Å². The van der Waals surface area contributed by atoms with E-state index in [9.17, 15) is 4.79 Å². The smallest absolute Gasteiger partial charge is 0.258 e. The Morgan fingerprint density at radius 3 is 3.04 bits per heavy atom. The molecule has 3 heterocycles. The minimum Gasteiger partial charge on any atom is -0.395 e. The first-order chi connectivity index (χ1) is 12.7. The Kier molecular flexibility index (Phi) is 4.42. The zero-order valence-electron chi connectivity index (χ0n) is 13.6. The minimum absolute atomic E-state index is 0.0187. The van der Waals surface area contributed by atoms with Crippen molar-refractivity contribution < 1.29 is 9.90 Å². The van der Waals surface area contributed by atoms with E-state index in [4.69, 9.17) is 5.11 Å². The molecule has 3 aromatic heterocycles. The van der Waals surface area contributed by atoms with Gasteiger partial charge in [-0.2, -0.15) is 0 Å². The maximum atomic E-state index is 12.7. The van der Waals surface area contributed by atoms with Crippen LogP contribution in [0.5, 0.6) is 0 Å². The number of aromatic nitrogens is 3. The number of aliphatic hydroxyl groups is 1. The summed E-state index contributed by atoms with van der Waals surface area (Å²) in [6, 6.07) is 9.39. The van der Waals surface area contributed by atoms with E-state index in [0.717, 1.165) is 15.6 Å². The van der Waals surface area contributed by atoms with Crippen molar-refractivity contribution in [2.75, 3.05) is 23.8 Å². The highest BCUT2D eigenvalue weighted by Gasteiger charge is 2.15. The molecule has 0 spiro atoms. The molecule has 7 nitrogen and oxygen atoms in total. The van der Waals surface area contributed by atoms with Crippen LogP contribution in [0.25, 0.3) is 21.1 Å². The lowest BCUT2D eigenvalue weighted by molar-refractivity contribution is 0.102. The van der Waals surface area contributed by atoms with E-state index in [-0.39, 0.29) is 12.5 Å². The summed E-state index contributed by atoms with van der Waals surface area (Å²) in [4.78, 5) is 25.5. The second kappa shape index (κ2) is 7.03. The van der Waals surface area contributed by atoms with Crippen LogP contribution < -0.4 is 10.6 Å². The van der Waals surface area contributed by atoms with Crippen LogP contribution in [0.4, 0.5) is 11.6 Å². The molecule has 0 fully saturated rings. The number of pyridine rings is 1. The molecule has 0 aliphatic heterocycles. The number of carbonyl (C=O) groups excluding carboxylic acids is 1. The van der Waals surface area contributed by atoms with E-state index in [0.29, 0.717) is 29.3 Å². The van der Waals surface area contributed by atoms with Crippen LogP contribution >= 0.6 is 11.3 Å². The van der Waals surface area contributed by atoms with E-state index >= 15 is 0 Å². The molecular formula is C18H15N5O2S. The number of fused-ring (bicyclic) bond motifs is 2. The van der Waals surface area contributed by atoms with Gasteiger partial charge in [0.25, 0.3) is 5.91 Å². The van der Waals surface area contributed by atoms with Gasteiger partial charge in [-0.25, -0.2) is 9.97 Å². The average molecular weight is 365 g/mol. The molecule has 0 saturated carbocycles. The maximum Gasteiger partial charge on any atom is 0.258 e. The SMILES string of the molecule is O=C(Nc1ccc2ncccc2c1)c1csc2cnc(NCCO)nc12. The number of anilines is 2. The zero-order valence-corrected chi connectivity index (χ0v) is 14.5. The molecule has 4 rings (SSSR count). The van der Waals surface area contributed by atoms with Crippen molar-refractivity contribution in [2.45, 2.75) is 0 Å². The molecule has 0 bridgehead atoms. The first-order valence-corrected chi connectivity index (χ1v) is 8.87. The molecule has 0 aliphatic rings. The number of hydrogen-bond donors (Lipinski definition) is 3. The summed E-state index contributed by atoms with van der Waals surface area (Å²) < 4.78 is 0.826. The van der Waals surface area contributed by atoms with Crippen molar-refractivity contribution in [3.63, 3.8) is 0 Å². The summed E-state index contributed by atoms with van der Waals surface area (Å²) in [5, 5.41) is 17.4. The highest BCUT2D eigenvalue weighted by Crippen LogP contribution is 2.26. The average Bonchev–Trinajstić information content (AvgIpc) is 3.09. The zero-order chi connectivity index (χ0) is 17.9. The molecule has 26 heavy (non-hydrogen) atoms. The summed E-state index contributed by atoms with van der Waals surface area (Å²) in [5.41, 5.74) is 2.65. The molecule has 1 aromatic carbocycles. The van der Waals surface area contributed by atoms with Gasteiger partial charge in [-0.15, -0.1) is 11.3 Å². The number of benzene rings is 1. The van der Waals surface area contributed by atoms with Gasteiger partial charge in [0.15, 0.2) is 0 Å². The molecule has 0 aliphatic carbocycles. The Bertz CT molecular complexity index is 1100. The lowest BCUT2D eigenvalue weighted by Gasteiger charge is -2.06. The van der Waals surface area contributed by atoms with Crippen molar-refractivity contribution in [3.8, 4) is 0 Å². The van der Waals surface area contributed by atoms with Crippen LogP contribution in [0, 0.1) is 0 Å². The third-order valence-corrected chi connectivity index (χ3v) is 4.72. The monoisotopic (exact) mass is 365 g/mol. The van der Waals surface area contributed by atoms with Gasteiger partial charge in [0.05, 0.1) is 34.1 Å². The first kappa shape index (κ1) is 16.4. The van der Waals surface area contributed by atoms with Crippen LogP contribution in [-0.4, -0.2) is 39.1 Å². The van der Waals surface area contributed by atoms with Crippen molar-refractivity contribution in [3.05, 3.63) is 53.7 Å². The summed E-state index contributed by atoms with van der Waals surface area (Å²) in [7, 11) is 0. The van der Waals surface area contributed by atoms with Gasteiger partial charge in [-0.1, -0.05) is 6.07 Å². The van der Waals surface area contributed by atoms with Crippen molar-refractivity contribution in [1.82, 2.24) is 15.0 Å². The largest absolute Gasteiger partial charge is 0.395 e. The van der Waals surface area contributed by atoms with E-state index in [2.05, 4.69) is 25.6 Å². The Hall–Kier alpha value is -3.10. The molecule has 0 radical (unpaired) electrons. The maximum absolute atomic E-state index is 12.7. The predicted molar refractivity (Wildman–Crippen MR) is 103 cm³/mol. The quantitative estimate of drug-likeness (QED) is 0.503. The third kappa shape index (κ3) is 3.19. The van der Waals surface area contributed by atoms with Gasteiger partial charge in [-0.05, 0) is 24.3 Å². The first-order valence-electron chi connectivity index (χ1n) is 8.00. The van der Waals surface area contributed by atoms with E-state index < -0.39 is 0 Å². The third-order valence-electron chi connectivity index (χ3n) is 3.81. The number of aliphatic hydroxyl groups excluding tert-OH is 1. The Labute approximate surface area is 152 Å². The Morgan fingerprint density at radius 2 is 2.15 bits per heavy atom. The van der Waals surface area contributed by atoms with Crippen molar-refractivity contribution in [2.24, 2.45) is 0 Å². The summed E-state index contributed by atoms with van der Waals surface area (Å²) in [5.74, 6) is 0.155. The second-order valence-electron chi connectivity index (χ2n) is 5.57. The minimum atomic E-state index is -0.230. The Balaban J connectivity index is 1.62. The molecular weight excluding hydrogens is 350 g/mol. The lowest BCUT2D eigenvalue weighted by Crippen LogP contribution is -2.12. The molecule has 3 N–H and O–H groups in total. The Morgan fingerprint density at radius 1 is 1.23 bits per heavy atom. The second-order valence-corrected chi connectivity index (χ2v) is 6.48. The number of nitrogens with one attached hydrogen (secondary N) is 2. The van der Waals surface area contributed by atoms with E-state index in [1.54, 1.807) is 17.8 Å². The molecule has 8 heteroatoms. The van der Waals surface area contributed by atoms with Crippen molar-refractivity contribution >= 4 is 50.0 Å². The van der Waals surface area contributed by atoms with E-state index in [1.165, 1.54) is 11.3 Å². The normalized spacial score (nSPS) is 11.0. The van der Waals surface area contributed by atoms with Gasteiger partial charge in [0.2, 0.25) is 5.95 Å². The number of amides is 1. The number of hydrogen-bond acceptors (Lipinski definition) is 7. The fraction of sp³-hybridized carbons (Fsp3) is 0.111. The molecule has 130 valence electrons. The molecule has 4 aromatic rings. The van der Waals surface area contributed by atoms with Gasteiger partial charge in [-0.3, -0.25) is 9.78 Å². The number of rotatable bonds is 5. The predicted octanol–water partition coefficient (Wildman–Crippen LogP) is 2.90. The van der Waals surface area contributed by atoms with Gasteiger partial charge < -0.3 is 15.7 Å². The summed E-state index contributed by atoms with van der Waals surface area (Å²) in [6.45, 7) is 0.331. The lowest BCUT2D eigenvalue weighted by atomic mass is 10.2. The number of carbonyl (C=O) groups is 1. The van der Waals surface area contributed by atoms with Gasteiger partial charge in [0, 0.05) is 29.2 Å². The standard InChI is InChI=1S/C18H15N5O2S/c24-7-6-20-18-21-9-15-16(23-18)13(10-26-15)17(25)22-12-3-4-14-11(8-12)2-1-5-19-14/h1-5,8-10,24H,6-7H2,(H,22,25)(H,20,21,23). The topological polar surface area (TPSA) is 100 Å². The van der Waals surface area contributed by atoms with Gasteiger partial charge >= 0.3 is 0 Å².